The number of nitrogens with two attached hydrogens (primary N) is 2. The molecule has 1 unspecified atom stereocenters. The highest BCUT2D eigenvalue weighted by Gasteiger charge is 2.30. The molecule has 3 aromatic rings. The number of nitrogen functional groups attached to an aromatic ring is 1. The summed E-state index contributed by atoms with van der Waals surface area (Å²) in [5.74, 6) is 0.539. The number of anilines is 4. The Morgan fingerprint density at radius 2 is 2.00 bits per heavy atom. The average Bonchev–Trinajstić information content (AvgIpc) is 2.92. The van der Waals surface area contributed by atoms with E-state index < -0.39 is 0 Å². The number of halogens is 1. The minimum absolute atomic E-state index is 0.0800. The van der Waals surface area contributed by atoms with Gasteiger partial charge in [0.1, 0.15) is 0 Å². The molecule has 0 saturated carbocycles. The third-order valence-corrected chi connectivity index (χ3v) is 8.80. The van der Waals surface area contributed by atoms with Crippen molar-refractivity contribution in [1.82, 2.24) is 15.2 Å². The zero-order valence-corrected chi connectivity index (χ0v) is 22.3. The van der Waals surface area contributed by atoms with Crippen LogP contribution in [0.3, 0.4) is 0 Å². The lowest BCUT2D eigenvalue weighted by molar-refractivity contribution is -0.119. The van der Waals surface area contributed by atoms with Gasteiger partial charge < -0.3 is 27.0 Å². The number of nitrogens with zero attached hydrogens (tertiary/aromatic N) is 4. The van der Waals surface area contributed by atoms with Crippen molar-refractivity contribution in [2.75, 3.05) is 47.4 Å². The topological polar surface area (TPSA) is 135 Å². The SMILES string of the molecule is CC1(CN)CCN(c2nnc(Sc3cccc(NC(=O)C4CNc5ccccc5C4)c3Cl)c(N)n2)CC1. The highest BCUT2D eigenvalue weighted by molar-refractivity contribution is 7.99. The van der Waals surface area contributed by atoms with Crippen molar-refractivity contribution < 1.29 is 4.79 Å². The number of rotatable bonds is 6. The molecule has 2 aliphatic rings. The number of hydrogen-bond acceptors (Lipinski definition) is 9. The molecule has 1 atom stereocenters. The van der Waals surface area contributed by atoms with Gasteiger partial charge in [0.25, 0.3) is 0 Å². The van der Waals surface area contributed by atoms with Crippen molar-refractivity contribution in [3.8, 4) is 0 Å². The lowest BCUT2D eigenvalue weighted by Gasteiger charge is -2.38. The molecule has 2 aromatic carbocycles. The summed E-state index contributed by atoms with van der Waals surface area (Å²) >= 11 is 7.96. The molecule has 9 nitrogen and oxygen atoms in total. The fourth-order valence-corrected chi connectivity index (χ4v) is 5.70. The molecular weight excluding hydrogens is 508 g/mol. The number of carbonyl (C=O) groups excluding carboxylic acids is 1. The largest absolute Gasteiger partial charge is 0.384 e. The molecule has 2 aliphatic heterocycles. The van der Waals surface area contributed by atoms with E-state index in [2.05, 4.69) is 37.6 Å². The first-order chi connectivity index (χ1) is 17.8. The maximum absolute atomic E-state index is 13.0. The van der Waals surface area contributed by atoms with Gasteiger partial charge in [-0.1, -0.05) is 54.6 Å². The maximum atomic E-state index is 13.0. The first-order valence-corrected chi connectivity index (χ1v) is 13.6. The highest BCUT2D eigenvalue weighted by Crippen LogP contribution is 2.39. The van der Waals surface area contributed by atoms with Crippen LogP contribution in [0, 0.1) is 11.3 Å². The summed E-state index contributed by atoms with van der Waals surface area (Å²) in [4.78, 5) is 20.3. The maximum Gasteiger partial charge on any atom is 0.247 e. The first kappa shape index (κ1) is 25.6. The highest BCUT2D eigenvalue weighted by atomic mass is 35.5. The third-order valence-electron chi connectivity index (χ3n) is 7.24. The number of amides is 1. The van der Waals surface area contributed by atoms with E-state index in [0.29, 0.717) is 51.9 Å². The number of carbonyl (C=O) groups is 1. The molecule has 1 amide bonds. The van der Waals surface area contributed by atoms with Crippen molar-refractivity contribution in [3.63, 3.8) is 0 Å². The smallest absolute Gasteiger partial charge is 0.247 e. The fourth-order valence-electron chi connectivity index (χ4n) is 4.63. The van der Waals surface area contributed by atoms with E-state index in [1.807, 2.05) is 36.4 Å². The van der Waals surface area contributed by atoms with Gasteiger partial charge in [0.15, 0.2) is 10.8 Å². The van der Waals surface area contributed by atoms with Crippen LogP contribution in [0.25, 0.3) is 0 Å². The lowest BCUT2D eigenvalue weighted by Crippen LogP contribution is -2.43. The third kappa shape index (κ3) is 5.61. The molecule has 1 fully saturated rings. The van der Waals surface area contributed by atoms with Crippen LogP contribution >= 0.6 is 23.4 Å². The quantitative estimate of drug-likeness (QED) is 0.366. The number of hydrogen-bond donors (Lipinski definition) is 4. The number of piperidine rings is 1. The Hall–Kier alpha value is -3.08. The molecule has 0 aliphatic carbocycles. The van der Waals surface area contributed by atoms with E-state index in [4.69, 9.17) is 23.1 Å². The van der Waals surface area contributed by atoms with Crippen molar-refractivity contribution in [3.05, 3.63) is 53.1 Å². The number of aromatic nitrogens is 3. The summed E-state index contributed by atoms with van der Waals surface area (Å²) in [5.41, 5.74) is 15.1. The Bertz CT molecular complexity index is 1300. The van der Waals surface area contributed by atoms with Gasteiger partial charge in [-0.15, -0.1) is 10.2 Å². The molecule has 3 heterocycles. The molecule has 194 valence electrons. The van der Waals surface area contributed by atoms with E-state index in [1.165, 1.54) is 11.8 Å². The molecule has 0 bridgehead atoms. The van der Waals surface area contributed by atoms with Gasteiger partial charge in [0, 0.05) is 30.2 Å². The second kappa shape index (κ2) is 10.7. The van der Waals surface area contributed by atoms with Crippen molar-refractivity contribution in [2.24, 2.45) is 17.1 Å². The number of nitrogens with one attached hydrogen (secondary N) is 2. The number of fused-ring (bicyclic) bond motifs is 1. The van der Waals surface area contributed by atoms with Gasteiger partial charge in [0.2, 0.25) is 11.9 Å². The first-order valence-electron chi connectivity index (χ1n) is 12.4. The van der Waals surface area contributed by atoms with Gasteiger partial charge in [0.05, 0.1) is 16.6 Å². The van der Waals surface area contributed by atoms with E-state index in [9.17, 15) is 4.79 Å². The number of benzene rings is 2. The van der Waals surface area contributed by atoms with Crippen LogP contribution in [-0.2, 0) is 11.2 Å². The molecule has 37 heavy (non-hydrogen) atoms. The minimum Gasteiger partial charge on any atom is -0.384 e. The summed E-state index contributed by atoms with van der Waals surface area (Å²) in [6.07, 6.45) is 2.62. The summed E-state index contributed by atoms with van der Waals surface area (Å²) < 4.78 is 0. The average molecular weight is 539 g/mol. The molecule has 0 radical (unpaired) electrons. The van der Waals surface area contributed by atoms with Crippen LogP contribution in [0.4, 0.5) is 23.1 Å². The van der Waals surface area contributed by atoms with Crippen LogP contribution in [0.2, 0.25) is 5.02 Å². The molecular formula is C26H31ClN8OS. The summed E-state index contributed by atoms with van der Waals surface area (Å²) in [6, 6.07) is 13.5. The fraction of sp³-hybridized carbons (Fsp3) is 0.385. The van der Waals surface area contributed by atoms with Crippen LogP contribution in [-0.4, -0.2) is 47.3 Å². The second-order valence-corrected chi connectivity index (χ2v) is 11.4. The summed E-state index contributed by atoms with van der Waals surface area (Å²) in [6.45, 7) is 5.09. The molecule has 11 heteroatoms. The van der Waals surface area contributed by atoms with Gasteiger partial charge in [-0.25, -0.2) is 0 Å². The van der Waals surface area contributed by atoms with Gasteiger partial charge in [-0.05, 0) is 55.0 Å². The standard InChI is InChI=1S/C26H31ClN8OS/c1-26(15-28)9-11-35(12-10-26)25-32-22(29)24(33-34-25)37-20-8-4-7-19(21(20)27)31-23(36)17-13-16-5-2-3-6-18(16)30-14-17/h2-8,17,30H,9-15,28H2,1H3,(H,31,36)(H2,29,32,34). The Morgan fingerprint density at radius 3 is 2.76 bits per heavy atom. The van der Waals surface area contributed by atoms with Crippen LogP contribution in [0.1, 0.15) is 25.3 Å². The normalized spacial score (nSPS) is 18.6. The van der Waals surface area contributed by atoms with Crippen molar-refractivity contribution >= 4 is 52.4 Å². The molecule has 1 aromatic heterocycles. The molecule has 6 N–H and O–H groups in total. The molecule has 0 spiro atoms. The van der Waals surface area contributed by atoms with Crippen molar-refractivity contribution in [1.29, 1.82) is 0 Å². The van der Waals surface area contributed by atoms with Crippen molar-refractivity contribution in [2.45, 2.75) is 36.1 Å². The summed E-state index contributed by atoms with van der Waals surface area (Å²) in [7, 11) is 0. The zero-order valence-electron chi connectivity index (χ0n) is 20.7. The second-order valence-electron chi connectivity index (χ2n) is 9.95. The van der Waals surface area contributed by atoms with Crippen LogP contribution < -0.4 is 27.0 Å². The van der Waals surface area contributed by atoms with E-state index >= 15 is 0 Å². The molecule has 1 saturated heterocycles. The predicted molar refractivity (Wildman–Crippen MR) is 149 cm³/mol. The van der Waals surface area contributed by atoms with E-state index in [-0.39, 0.29) is 17.2 Å². The predicted octanol–water partition coefficient (Wildman–Crippen LogP) is 4.05. The van der Waals surface area contributed by atoms with Crippen LogP contribution in [0.5, 0.6) is 0 Å². The Morgan fingerprint density at radius 1 is 1.22 bits per heavy atom. The Balaban J connectivity index is 1.25. The number of para-hydroxylation sites is 1. The summed E-state index contributed by atoms with van der Waals surface area (Å²) in [5, 5.41) is 15.9. The van der Waals surface area contributed by atoms with Crippen LogP contribution in [0.15, 0.2) is 52.4 Å². The Labute approximate surface area is 225 Å². The lowest BCUT2D eigenvalue weighted by atomic mass is 9.81. The van der Waals surface area contributed by atoms with Gasteiger partial charge >= 0.3 is 0 Å². The molecule has 5 rings (SSSR count). The van der Waals surface area contributed by atoms with E-state index in [1.54, 1.807) is 6.07 Å². The Kier molecular flexibility index (Phi) is 7.41. The minimum atomic E-state index is -0.196. The monoisotopic (exact) mass is 538 g/mol. The van der Waals surface area contributed by atoms with Gasteiger partial charge in [-0.3, -0.25) is 4.79 Å². The van der Waals surface area contributed by atoms with Gasteiger partial charge in [-0.2, -0.15) is 4.98 Å². The van der Waals surface area contributed by atoms with E-state index in [0.717, 1.165) is 37.2 Å². The zero-order chi connectivity index (χ0) is 26.0.